The van der Waals surface area contributed by atoms with Crippen LogP contribution in [-0.2, 0) is 23.1 Å². The van der Waals surface area contributed by atoms with Crippen LogP contribution in [0, 0.1) is 5.82 Å². The number of halogens is 1. The van der Waals surface area contributed by atoms with Crippen LogP contribution in [0.2, 0.25) is 0 Å². The molecule has 1 fully saturated rings. The number of nitrogens with two attached hydrogens (primary N) is 1. The van der Waals surface area contributed by atoms with Crippen molar-refractivity contribution in [3.63, 3.8) is 0 Å². The maximum Gasteiger partial charge on any atom is 0.123 e. The lowest BCUT2D eigenvalue weighted by atomic mass is 10.1. The van der Waals surface area contributed by atoms with Gasteiger partial charge in [-0.05, 0) is 36.1 Å². The van der Waals surface area contributed by atoms with Crippen LogP contribution in [0.3, 0.4) is 0 Å². The lowest BCUT2D eigenvalue weighted by Gasteiger charge is -2.12. The first-order valence-electron chi connectivity index (χ1n) is 6.05. The van der Waals surface area contributed by atoms with Crippen LogP contribution in [0.25, 0.3) is 0 Å². The van der Waals surface area contributed by atoms with Gasteiger partial charge < -0.3 is 5.73 Å². The third-order valence-corrected chi connectivity index (χ3v) is 5.17. The van der Waals surface area contributed by atoms with Crippen LogP contribution >= 0.6 is 0 Å². The van der Waals surface area contributed by atoms with E-state index in [1.165, 1.54) is 25.0 Å². The molecule has 2 rings (SSSR count). The molecule has 94 valence electrons. The molecule has 1 atom stereocenters. The van der Waals surface area contributed by atoms with Gasteiger partial charge in [0.1, 0.15) is 5.82 Å². The Bertz CT molecular complexity index is 416. The lowest BCUT2D eigenvalue weighted by Crippen LogP contribution is -2.14. The van der Waals surface area contributed by atoms with E-state index in [0.29, 0.717) is 17.5 Å². The van der Waals surface area contributed by atoms with Gasteiger partial charge in [-0.25, -0.2) is 4.39 Å². The number of rotatable bonds is 4. The zero-order chi connectivity index (χ0) is 12.3. The van der Waals surface area contributed by atoms with E-state index in [9.17, 15) is 8.60 Å². The molecule has 0 aromatic heterocycles. The van der Waals surface area contributed by atoms with E-state index in [2.05, 4.69) is 0 Å². The van der Waals surface area contributed by atoms with Gasteiger partial charge in [0.2, 0.25) is 0 Å². The van der Waals surface area contributed by atoms with Crippen molar-refractivity contribution in [2.75, 3.05) is 0 Å². The Morgan fingerprint density at radius 2 is 2.00 bits per heavy atom. The highest BCUT2D eigenvalue weighted by molar-refractivity contribution is 7.84. The first-order chi connectivity index (χ1) is 8.20. The molecule has 0 saturated heterocycles. The zero-order valence-corrected chi connectivity index (χ0v) is 10.6. The topological polar surface area (TPSA) is 43.1 Å². The molecule has 0 spiro atoms. The molecule has 0 aliphatic heterocycles. The molecule has 1 unspecified atom stereocenters. The molecule has 1 saturated carbocycles. The van der Waals surface area contributed by atoms with Gasteiger partial charge in [-0.15, -0.1) is 0 Å². The molecule has 1 aliphatic rings. The van der Waals surface area contributed by atoms with Crippen LogP contribution in [0.5, 0.6) is 0 Å². The molecule has 0 amide bonds. The van der Waals surface area contributed by atoms with Crippen molar-refractivity contribution in [3.8, 4) is 0 Å². The van der Waals surface area contributed by atoms with Crippen molar-refractivity contribution >= 4 is 10.8 Å². The highest BCUT2D eigenvalue weighted by Crippen LogP contribution is 2.25. The van der Waals surface area contributed by atoms with Crippen LogP contribution in [-0.4, -0.2) is 9.46 Å². The Balaban J connectivity index is 2.09. The van der Waals surface area contributed by atoms with E-state index in [0.717, 1.165) is 24.0 Å². The quantitative estimate of drug-likeness (QED) is 0.898. The van der Waals surface area contributed by atoms with Crippen molar-refractivity contribution in [3.05, 3.63) is 35.1 Å². The SMILES string of the molecule is NCc1cc(F)ccc1CS(=O)C1CCCC1. The summed E-state index contributed by atoms with van der Waals surface area (Å²) in [6.07, 6.45) is 4.49. The Kier molecular flexibility index (Phi) is 4.29. The Morgan fingerprint density at radius 3 is 2.65 bits per heavy atom. The first-order valence-corrected chi connectivity index (χ1v) is 7.43. The van der Waals surface area contributed by atoms with E-state index in [4.69, 9.17) is 5.73 Å². The van der Waals surface area contributed by atoms with Gasteiger partial charge in [0.15, 0.2) is 0 Å². The van der Waals surface area contributed by atoms with Crippen LogP contribution in [0.1, 0.15) is 36.8 Å². The Hall–Kier alpha value is -0.740. The predicted molar refractivity (Wildman–Crippen MR) is 68.4 cm³/mol. The van der Waals surface area contributed by atoms with E-state index in [1.54, 1.807) is 6.07 Å². The van der Waals surface area contributed by atoms with Gasteiger partial charge in [-0.3, -0.25) is 4.21 Å². The predicted octanol–water partition coefficient (Wildman–Crippen LogP) is 2.48. The lowest BCUT2D eigenvalue weighted by molar-refractivity contribution is 0.624. The van der Waals surface area contributed by atoms with Crippen LogP contribution in [0.15, 0.2) is 18.2 Å². The fourth-order valence-corrected chi connectivity index (χ4v) is 4.03. The average molecular weight is 255 g/mol. The van der Waals surface area contributed by atoms with Gasteiger partial charge >= 0.3 is 0 Å². The first kappa shape index (κ1) is 12.7. The van der Waals surface area contributed by atoms with Crippen molar-refractivity contribution in [1.29, 1.82) is 0 Å². The van der Waals surface area contributed by atoms with Crippen molar-refractivity contribution in [2.45, 2.75) is 43.2 Å². The second kappa shape index (κ2) is 5.74. The minimum atomic E-state index is -0.843. The van der Waals surface area contributed by atoms with Gasteiger partial charge in [-0.1, -0.05) is 18.9 Å². The molecular formula is C13H18FNOS. The molecule has 2 N–H and O–H groups in total. The molecule has 0 radical (unpaired) electrons. The van der Waals surface area contributed by atoms with Crippen molar-refractivity contribution in [1.82, 2.24) is 0 Å². The summed E-state index contributed by atoms with van der Waals surface area (Å²) in [5.74, 6) is 0.234. The standard InChI is InChI=1S/C13H18FNOS/c14-12-6-5-10(11(7-12)8-15)9-17(16)13-3-1-2-4-13/h5-7,13H,1-4,8-9,15H2. The fraction of sp³-hybridized carbons (Fsp3) is 0.538. The summed E-state index contributed by atoms with van der Waals surface area (Å²) in [4.78, 5) is 0. The van der Waals surface area contributed by atoms with E-state index >= 15 is 0 Å². The normalized spacial score (nSPS) is 18.5. The summed E-state index contributed by atoms with van der Waals surface area (Å²) < 4.78 is 25.2. The monoisotopic (exact) mass is 255 g/mol. The summed E-state index contributed by atoms with van der Waals surface area (Å²) in [6.45, 7) is 0.301. The van der Waals surface area contributed by atoms with Gasteiger partial charge in [0, 0.05) is 28.3 Å². The molecule has 1 aromatic rings. The number of hydrogen-bond donors (Lipinski definition) is 1. The number of benzene rings is 1. The molecule has 1 aromatic carbocycles. The summed E-state index contributed by atoms with van der Waals surface area (Å²) in [6, 6.07) is 4.58. The maximum atomic E-state index is 13.0. The van der Waals surface area contributed by atoms with E-state index in [1.807, 2.05) is 0 Å². The minimum absolute atomic E-state index is 0.277. The second-order valence-electron chi connectivity index (χ2n) is 4.55. The molecule has 1 aliphatic carbocycles. The van der Waals surface area contributed by atoms with Gasteiger partial charge in [-0.2, -0.15) is 0 Å². The van der Waals surface area contributed by atoms with Crippen LogP contribution in [0.4, 0.5) is 4.39 Å². The fourth-order valence-electron chi connectivity index (χ4n) is 2.35. The van der Waals surface area contributed by atoms with E-state index < -0.39 is 10.8 Å². The minimum Gasteiger partial charge on any atom is -0.326 e. The zero-order valence-electron chi connectivity index (χ0n) is 9.82. The van der Waals surface area contributed by atoms with Crippen molar-refractivity contribution < 1.29 is 8.60 Å². The number of hydrogen-bond acceptors (Lipinski definition) is 2. The van der Waals surface area contributed by atoms with E-state index in [-0.39, 0.29) is 5.82 Å². The molecule has 4 heteroatoms. The van der Waals surface area contributed by atoms with Gasteiger partial charge in [0.25, 0.3) is 0 Å². The summed E-state index contributed by atoms with van der Waals surface area (Å²) in [7, 11) is -0.843. The third-order valence-electron chi connectivity index (χ3n) is 3.36. The highest BCUT2D eigenvalue weighted by atomic mass is 32.2. The van der Waals surface area contributed by atoms with Crippen LogP contribution < -0.4 is 5.73 Å². The van der Waals surface area contributed by atoms with Crippen molar-refractivity contribution in [2.24, 2.45) is 5.73 Å². The highest BCUT2D eigenvalue weighted by Gasteiger charge is 2.21. The average Bonchev–Trinajstić information content (AvgIpc) is 2.85. The molecule has 0 bridgehead atoms. The molecule has 17 heavy (non-hydrogen) atoms. The maximum absolute atomic E-state index is 13.0. The Labute approximate surface area is 104 Å². The molecule has 2 nitrogen and oxygen atoms in total. The molecular weight excluding hydrogens is 237 g/mol. The van der Waals surface area contributed by atoms with Gasteiger partial charge in [0.05, 0.1) is 0 Å². The third kappa shape index (κ3) is 3.13. The summed E-state index contributed by atoms with van der Waals surface area (Å²) in [5.41, 5.74) is 7.29. The summed E-state index contributed by atoms with van der Waals surface area (Å²) >= 11 is 0. The second-order valence-corrected chi connectivity index (χ2v) is 6.27. The Morgan fingerprint density at radius 1 is 1.29 bits per heavy atom. The largest absolute Gasteiger partial charge is 0.326 e. The molecule has 0 heterocycles. The summed E-state index contributed by atoms with van der Waals surface area (Å²) in [5, 5.41) is 0.325. The smallest absolute Gasteiger partial charge is 0.123 e.